The first-order chi connectivity index (χ1) is 12.2. The van der Waals surface area contributed by atoms with E-state index in [-0.39, 0.29) is 36.3 Å². The van der Waals surface area contributed by atoms with Crippen molar-refractivity contribution in [3.05, 3.63) is 49.1 Å². The number of hydrogen-bond donors (Lipinski definition) is 3. The number of imidazole rings is 1. The zero-order valence-electron chi connectivity index (χ0n) is 14.7. The summed E-state index contributed by atoms with van der Waals surface area (Å²) in [5.41, 5.74) is 0.619. The van der Waals surface area contributed by atoms with Gasteiger partial charge >= 0.3 is 0 Å². The highest BCUT2D eigenvalue weighted by atomic mass is 35.5. The number of aromatic nitrogens is 2. The van der Waals surface area contributed by atoms with Crippen LogP contribution in [0.25, 0.3) is 10.8 Å². The molecule has 0 saturated heterocycles. The minimum Gasteiger partial charge on any atom is -1.00 e. The molecule has 0 unspecified atom stereocenters. The van der Waals surface area contributed by atoms with Crippen molar-refractivity contribution in [2.24, 2.45) is 7.05 Å². The number of anilines is 2. The van der Waals surface area contributed by atoms with Crippen molar-refractivity contribution in [2.75, 3.05) is 16.3 Å². The molecule has 1 aromatic heterocycles. The summed E-state index contributed by atoms with van der Waals surface area (Å²) in [6.45, 7) is 0.105. The molecule has 0 aliphatic rings. The second kappa shape index (κ2) is 7.85. The van der Waals surface area contributed by atoms with E-state index in [2.05, 4.69) is 10.0 Å². The Morgan fingerprint density at radius 2 is 1.93 bits per heavy atom. The molecular formula is C17H19ClN4O4S. The zero-order valence-corrected chi connectivity index (χ0v) is 16.3. The smallest absolute Gasteiger partial charge is 0.266 e. The molecule has 3 N–H and O–H groups in total. The summed E-state index contributed by atoms with van der Waals surface area (Å²) in [6, 6.07) is 8.07. The van der Waals surface area contributed by atoms with Crippen LogP contribution in [0.2, 0.25) is 0 Å². The molecule has 27 heavy (non-hydrogen) atoms. The topological polar surface area (TPSA) is 104 Å². The summed E-state index contributed by atoms with van der Waals surface area (Å²) in [5.74, 6) is -0.410. The Bertz CT molecular complexity index is 1100. The number of amides is 1. The third-order valence-electron chi connectivity index (χ3n) is 3.75. The number of carbonyl (C=O) groups is 1. The van der Waals surface area contributed by atoms with Crippen molar-refractivity contribution in [1.29, 1.82) is 0 Å². The third kappa shape index (κ3) is 4.89. The molecule has 1 heterocycles. The molecule has 0 fully saturated rings. The van der Waals surface area contributed by atoms with Crippen LogP contribution in [0, 0.1) is 0 Å². The van der Waals surface area contributed by atoms with Crippen molar-refractivity contribution < 1.29 is 35.3 Å². The van der Waals surface area contributed by atoms with Gasteiger partial charge in [-0.15, -0.1) is 0 Å². The number of aryl methyl sites for hydroxylation is 1. The van der Waals surface area contributed by atoms with E-state index in [0.29, 0.717) is 16.5 Å². The third-order valence-corrected chi connectivity index (χ3v) is 4.34. The van der Waals surface area contributed by atoms with Gasteiger partial charge in [-0.3, -0.25) is 9.52 Å². The van der Waals surface area contributed by atoms with Gasteiger partial charge in [0.25, 0.3) is 5.91 Å². The summed E-state index contributed by atoms with van der Waals surface area (Å²) < 4.78 is 28.9. The summed E-state index contributed by atoms with van der Waals surface area (Å²) in [4.78, 5) is 12.2. The molecular weight excluding hydrogens is 392 g/mol. The first kappa shape index (κ1) is 20.5. The first-order valence-corrected chi connectivity index (χ1v) is 9.65. The van der Waals surface area contributed by atoms with Crippen LogP contribution < -0.4 is 27.0 Å². The van der Waals surface area contributed by atoms with Gasteiger partial charge in [0.15, 0.2) is 6.54 Å². The van der Waals surface area contributed by atoms with Crippen molar-refractivity contribution in [2.45, 2.75) is 6.54 Å². The Labute approximate surface area is 162 Å². The largest absolute Gasteiger partial charge is 1.00 e. The molecule has 8 nitrogen and oxygen atoms in total. The Balaban J connectivity index is 0.00000261. The Kier molecular flexibility index (Phi) is 5.97. The number of halogens is 1. The molecule has 0 radical (unpaired) electrons. The van der Waals surface area contributed by atoms with Crippen LogP contribution in [-0.4, -0.2) is 30.3 Å². The minimum atomic E-state index is -3.45. The number of carbonyl (C=O) groups excluding carboxylic acids is 1. The molecule has 2 aromatic carbocycles. The SMILES string of the molecule is C[n+]1ccn(CC(=O)Nc2ccc3c(NS(C)(=O)=O)cccc3c2O)c1.[Cl-]. The highest BCUT2D eigenvalue weighted by molar-refractivity contribution is 7.92. The lowest BCUT2D eigenvalue weighted by molar-refractivity contribution is -0.671. The molecule has 0 spiro atoms. The highest BCUT2D eigenvalue weighted by Gasteiger charge is 2.14. The van der Waals surface area contributed by atoms with Gasteiger partial charge in [0.05, 0.1) is 24.7 Å². The molecule has 1 amide bonds. The first-order valence-electron chi connectivity index (χ1n) is 7.76. The average molecular weight is 411 g/mol. The monoisotopic (exact) mass is 410 g/mol. The van der Waals surface area contributed by atoms with Crippen LogP contribution in [0.5, 0.6) is 5.75 Å². The van der Waals surface area contributed by atoms with Crippen LogP contribution in [0.3, 0.4) is 0 Å². The zero-order chi connectivity index (χ0) is 18.9. The van der Waals surface area contributed by atoms with Gasteiger partial charge in [0, 0.05) is 10.8 Å². The van der Waals surface area contributed by atoms with Crippen molar-refractivity contribution in [1.82, 2.24) is 4.57 Å². The fraction of sp³-hybridized carbons (Fsp3) is 0.176. The van der Waals surface area contributed by atoms with E-state index in [1.54, 1.807) is 47.4 Å². The molecule has 10 heteroatoms. The predicted octanol–water partition coefficient (Wildman–Crippen LogP) is -1.81. The number of phenols is 1. The maximum absolute atomic E-state index is 12.2. The molecule has 3 rings (SSSR count). The van der Waals surface area contributed by atoms with E-state index in [1.807, 2.05) is 17.8 Å². The van der Waals surface area contributed by atoms with Crippen LogP contribution in [0.15, 0.2) is 49.1 Å². The van der Waals surface area contributed by atoms with Gasteiger partial charge in [-0.1, -0.05) is 12.1 Å². The number of phenolic OH excluding ortho intramolecular Hbond substituents is 1. The Morgan fingerprint density at radius 3 is 2.56 bits per heavy atom. The summed E-state index contributed by atoms with van der Waals surface area (Å²) >= 11 is 0. The predicted molar refractivity (Wildman–Crippen MR) is 98.3 cm³/mol. The number of hydrogen-bond acceptors (Lipinski definition) is 4. The Morgan fingerprint density at radius 1 is 1.19 bits per heavy atom. The number of fused-ring (bicyclic) bond motifs is 1. The fourth-order valence-electron chi connectivity index (χ4n) is 2.68. The van der Waals surface area contributed by atoms with Gasteiger partial charge in [-0.2, -0.15) is 0 Å². The number of nitrogens with zero attached hydrogens (tertiary/aromatic N) is 2. The molecule has 0 bridgehead atoms. The lowest BCUT2D eigenvalue weighted by Crippen LogP contribution is -3.00. The normalized spacial score (nSPS) is 11.0. The molecule has 0 aliphatic heterocycles. The van der Waals surface area contributed by atoms with E-state index in [1.165, 1.54) is 0 Å². The standard InChI is InChI=1S/C17H18N4O4S.ClH/c1-20-8-9-21(11-20)10-16(22)18-15-7-6-12-13(17(15)23)4-3-5-14(12)19-26(2,24)25;/h3-9,11,19H,10H2,1-2H3,(H-,18,22,23);1H. The molecule has 0 aliphatic carbocycles. The van der Waals surface area contributed by atoms with E-state index in [9.17, 15) is 18.3 Å². The van der Waals surface area contributed by atoms with Crippen molar-refractivity contribution >= 4 is 38.1 Å². The number of rotatable bonds is 5. The number of sulfonamides is 1. The second-order valence-corrected chi connectivity index (χ2v) is 7.78. The minimum absolute atomic E-state index is 0. The molecule has 144 valence electrons. The van der Waals surface area contributed by atoms with Gasteiger partial charge < -0.3 is 22.8 Å². The maximum atomic E-state index is 12.2. The Hall–Kier alpha value is -2.78. The van der Waals surface area contributed by atoms with Gasteiger partial charge in [0.1, 0.15) is 18.1 Å². The van der Waals surface area contributed by atoms with Gasteiger partial charge in [0.2, 0.25) is 16.4 Å². The average Bonchev–Trinajstić information content (AvgIpc) is 2.94. The quantitative estimate of drug-likeness (QED) is 0.340. The number of nitrogens with one attached hydrogen (secondary N) is 2. The lowest BCUT2D eigenvalue weighted by Gasteiger charge is -2.12. The van der Waals surface area contributed by atoms with Crippen LogP contribution in [0.1, 0.15) is 0 Å². The summed E-state index contributed by atoms with van der Waals surface area (Å²) in [7, 11) is -1.60. The van der Waals surface area contributed by atoms with Crippen molar-refractivity contribution in [3.63, 3.8) is 0 Å². The second-order valence-electron chi connectivity index (χ2n) is 6.04. The molecule has 0 saturated carbocycles. The van der Waals surface area contributed by atoms with Gasteiger partial charge in [-0.05, 0) is 18.2 Å². The molecule has 3 aromatic rings. The van der Waals surface area contributed by atoms with E-state index in [4.69, 9.17) is 0 Å². The van der Waals surface area contributed by atoms with Gasteiger partial charge in [-0.25, -0.2) is 17.6 Å². The summed E-state index contributed by atoms with van der Waals surface area (Å²) in [6.07, 6.45) is 6.41. The van der Waals surface area contributed by atoms with E-state index < -0.39 is 10.0 Å². The number of benzene rings is 2. The van der Waals surface area contributed by atoms with E-state index in [0.717, 1.165) is 6.26 Å². The van der Waals surface area contributed by atoms with E-state index >= 15 is 0 Å². The number of aromatic hydroxyl groups is 1. The maximum Gasteiger partial charge on any atom is 0.266 e. The van der Waals surface area contributed by atoms with Crippen LogP contribution in [0.4, 0.5) is 11.4 Å². The van der Waals surface area contributed by atoms with Crippen LogP contribution >= 0.6 is 0 Å². The molecule has 0 atom stereocenters. The fourth-order valence-corrected chi connectivity index (χ4v) is 3.26. The summed E-state index contributed by atoms with van der Waals surface area (Å²) in [5, 5.41) is 14.1. The highest BCUT2D eigenvalue weighted by Crippen LogP contribution is 2.36. The van der Waals surface area contributed by atoms with Crippen LogP contribution in [-0.2, 0) is 28.4 Å². The lowest BCUT2D eigenvalue weighted by atomic mass is 10.1. The van der Waals surface area contributed by atoms with Crippen molar-refractivity contribution in [3.8, 4) is 5.75 Å².